The van der Waals surface area contributed by atoms with Gasteiger partial charge in [-0.15, -0.1) is 0 Å². The number of carbonyl (C=O) groups excluding carboxylic acids is 1. The van der Waals surface area contributed by atoms with E-state index in [0.29, 0.717) is 6.42 Å². The Morgan fingerprint density at radius 3 is 2.31 bits per heavy atom. The number of amides is 1. The Morgan fingerprint density at radius 2 is 1.88 bits per heavy atom. The lowest BCUT2D eigenvalue weighted by Gasteiger charge is -2.13. The van der Waals surface area contributed by atoms with Crippen LogP contribution < -0.4 is 10.1 Å². The zero-order valence-electron chi connectivity index (χ0n) is 10.4. The lowest BCUT2D eigenvalue weighted by molar-refractivity contribution is -0.116. The Kier molecular flexibility index (Phi) is 4.35. The van der Waals surface area contributed by atoms with Gasteiger partial charge < -0.3 is 10.1 Å². The van der Waals surface area contributed by atoms with Gasteiger partial charge in [-0.05, 0) is 43.5 Å². The van der Waals surface area contributed by atoms with Crippen LogP contribution in [0.4, 0.5) is 5.69 Å². The van der Waals surface area contributed by atoms with Crippen LogP contribution in [0, 0.1) is 13.8 Å². The number of aryl methyl sites for hydroxylation is 2. The Morgan fingerprint density at radius 1 is 1.31 bits per heavy atom. The number of ether oxygens (including phenoxy) is 1. The van der Waals surface area contributed by atoms with Crippen molar-refractivity contribution in [1.82, 2.24) is 0 Å². The zero-order chi connectivity index (χ0) is 12.1. The Hall–Kier alpha value is -1.51. The number of nitrogens with one attached hydrogen (secondary N) is 1. The maximum Gasteiger partial charge on any atom is 0.224 e. The number of carbonyl (C=O) groups is 1. The molecule has 1 aromatic carbocycles. The molecular weight excluding hydrogens is 202 g/mol. The van der Waals surface area contributed by atoms with E-state index >= 15 is 0 Å². The third-order valence-corrected chi connectivity index (χ3v) is 2.48. The largest absolute Gasteiger partial charge is 0.497 e. The average molecular weight is 221 g/mol. The highest BCUT2D eigenvalue weighted by atomic mass is 16.5. The molecule has 0 atom stereocenters. The second kappa shape index (κ2) is 5.54. The molecule has 0 bridgehead atoms. The van der Waals surface area contributed by atoms with Crippen molar-refractivity contribution in [3.05, 3.63) is 23.3 Å². The van der Waals surface area contributed by atoms with Crippen LogP contribution in [0.25, 0.3) is 0 Å². The van der Waals surface area contributed by atoms with Crippen molar-refractivity contribution in [2.24, 2.45) is 0 Å². The van der Waals surface area contributed by atoms with Crippen molar-refractivity contribution < 1.29 is 9.53 Å². The molecule has 1 aromatic rings. The first-order valence-corrected chi connectivity index (χ1v) is 5.53. The molecule has 0 unspecified atom stereocenters. The molecule has 88 valence electrons. The summed E-state index contributed by atoms with van der Waals surface area (Å²) >= 11 is 0. The molecule has 16 heavy (non-hydrogen) atoms. The minimum Gasteiger partial charge on any atom is -0.497 e. The highest BCUT2D eigenvalue weighted by Crippen LogP contribution is 2.26. The second-order valence-corrected chi connectivity index (χ2v) is 3.93. The van der Waals surface area contributed by atoms with E-state index in [1.165, 1.54) is 0 Å². The van der Waals surface area contributed by atoms with Crippen LogP contribution in [0.15, 0.2) is 12.1 Å². The Balaban J connectivity index is 2.92. The number of anilines is 1. The lowest BCUT2D eigenvalue weighted by Crippen LogP contribution is -2.12. The van der Waals surface area contributed by atoms with Crippen molar-refractivity contribution in [2.45, 2.75) is 33.6 Å². The molecule has 0 saturated heterocycles. The summed E-state index contributed by atoms with van der Waals surface area (Å²) in [4.78, 5) is 11.5. The SMILES string of the molecule is CCCC(=O)Nc1c(C)cc(OC)cc1C. The van der Waals surface area contributed by atoms with Gasteiger partial charge in [0, 0.05) is 12.1 Å². The van der Waals surface area contributed by atoms with E-state index in [4.69, 9.17) is 4.74 Å². The summed E-state index contributed by atoms with van der Waals surface area (Å²) < 4.78 is 5.17. The molecule has 0 heterocycles. The van der Waals surface area contributed by atoms with Gasteiger partial charge in [0.2, 0.25) is 5.91 Å². The molecule has 0 aliphatic carbocycles. The molecule has 1 amide bonds. The van der Waals surface area contributed by atoms with E-state index < -0.39 is 0 Å². The summed E-state index contributed by atoms with van der Waals surface area (Å²) in [6, 6.07) is 3.85. The van der Waals surface area contributed by atoms with Gasteiger partial charge in [0.15, 0.2) is 0 Å². The van der Waals surface area contributed by atoms with E-state index in [9.17, 15) is 4.79 Å². The molecule has 0 fully saturated rings. The van der Waals surface area contributed by atoms with Gasteiger partial charge in [0.25, 0.3) is 0 Å². The fourth-order valence-corrected chi connectivity index (χ4v) is 1.67. The molecule has 0 radical (unpaired) electrons. The molecule has 0 saturated carbocycles. The van der Waals surface area contributed by atoms with Crippen LogP contribution in [0.5, 0.6) is 5.75 Å². The van der Waals surface area contributed by atoms with E-state index in [1.807, 2.05) is 32.9 Å². The quantitative estimate of drug-likeness (QED) is 0.848. The van der Waals surface area contributed by atoms with Crippen LogP contribution in [0.1, 0.15) is 30.9 Å². The third-order valence-electron chi connectivity index (χ3n) is 2.48. The van der Waals surface area contributed by atoms with E-state index in [1.54, 1.807) is 7.11 Å². The average Bonchev–Trinajstić information content (AvgIpc) is 2.23. The summed E-state index contributed by atoms with van der Waals surface area (Å²) in [6.07, 6.45) is 1.42. The molecule has 0 aromatic heterocycles. The van der Waals surface area contributed by atoms with Crippen molar-refractivity contribution in [3.8, 4) is 5.75 Å². The lowest BCUT2D eigenvalue weighted by atomic mass is 10.1. The first-order valence-electron chi connectivity index (χ1n) is 5.53. The molecule has 0 spiro atoms. The maximum absolute atomic E-state index is 11.5. The van der Waals surface area contributed by atoms with E-state index in [2.05, 4.69) is 5.32 Å². The van der Waals surface area contributed by atoms with Crippen molar-refractivity contribution in [3.63, 3.8) is 0 Å². The summed E-state index contributed by atoms with van der Waals surface area (Å²) in [5.74, 6) is 0.891. The summed E-state index contributed by atoms with van der Waals surface area (Å²) in [5.41, 5.74) is 2.96. The van der Waals surface area contributed by atoms with Gasteiger partial charge in [-0.1, -0.05) is 6.92 Å². The van der Waals surface area contributed by atoms with Crippen molar-refractivity contribution in [1.29, 1.82) is 0 Å². The topological polar surface area (TPSA) is 38.3 Å². The minimum absolute atomic E-state index is 0.0684. The number of methoxy groups -OCH3 is 1. The number of benzene rings is 1. The van der Waals surface area contributed by atoms with Gasteiger partial charge in [0.1, 0.15) is 5.75 Å². The Bertz CT molecular complexity index is 363. The predicted molar refractivity (Wildman–Crippen MR) is 66.0 cm³/mol. The van der Waals surface area contributed by atoms with Crippen LogP contribution in [0.2, 0.25) is 0 Å². The van der Waals surface area contributed by atoms with Crippen molar-refractivity contribution >= 4 is 11.6 Å². The molecule has 0 aliphatic heterocycles. The highest BCUT2D eigenvalue weighted by molar-refractivity contribution is 5.92. The van der Waals surface area contributed by atoms with Crippen molar-refractivity contribution in [2.75, 3.05) is 12.4 Å². The first kappa shape index (κ1) is 12.6. The number of hydrogen-bond acceptors (Lipinski definition) is 2. The van der Waals surface area contributed by atoms with Gasteiger partial charge in [-0.3, -0.25) is 4.79 Å². The van der Waals surface area contributed by atoms with Gasteiger partial charge >= 0.3 is 0 Å². The summed E-state index contributed by atoms with van der Waals surface area (Å²) in [6.45, 7) is 5.93. The van der Waals surface area contributed by atoms with Crippen LogP contribution in [0.3, 0.4) is 0 Å². The minimum atomic E-state index is 0.0684. The first-order chi connectivity index (χ1) is 7.58. The smallest absolute Gasteiger partial charge is 0.224 e. The standard InChI is InChI=1S/C13H19NO2/c1-5-6-12(15)14-13-9(2)7-11(16-4)8-10(13)3/h7-8H,5-6H2,1-4H3,(H,14,15). The third kappa shape index (κ3) is 2.99. The Labute approximate surface area is 96.8 Å². The van der Waals surface area contributed by atoms with Crippen LogP contribution in [-0.2, 0) is 4.79 Å². The predicted octanol–water partition coefficient (Wildman–Crippen LogP) is 3.05. The van der Waals surface area contributed by atoms with Crippen LogP contribution >= 0.6 is 0 Å². The second-order valence-electron chi connectivity index (χ2n) is 3.93. The van der Waals surface area contributed by atoms with Gasteiger partial charge in [-0.25, -0.2) is 0 Å². The molecule has 1 rings (SSSR count). The maximum atomic E-state index is 11.5. The highest BCUT2D eigenvalue weighted by Gasteiger charge is 2.08. The molecule has 3 nitrogen and oxygen atoms in total. The summed E-state index contributed by atoms with van der Waals surface area (Å²) in [7, 11) is 1.64. The fourth-order valence-electron chi connectivity index (χ4n) is 1.67. The summed E-state index contributed by atoms with van der Waals surface area (Å²) in [5, 5.41) is 2.94. The van der Waals surface area contributed by atoms with Gasteiger partial charge in [0.05, 0.1) is 7.11 Å². The molecule has 0 aliphatic rings. The number of hydrogen-bond donors (Lipinski definition) is 1. The van der Waals surface area contributed by atoms with Crippen LogP contribution in [-0.4, -0.2) is 13.0 Å². The molecular formula is C13H19NO2. The van der Waals surface area contributed by atoms with E-state index in [-0.39, 0.29) is 5.91 Å². The van der Waals surface area contributed by atoms with E-state index in [0.717, 1.165) is 29.0 Å². The molecule has 3 heteroatoms. The van der Waals surface area contributed by atoms with Gasteiger partial charge in [-0.2, -0.15) is 0 Å². The fraction of sp³-hybridized carbons (Fsp3) is 0.462. The number of rotatable bonds is 4. The zero-order valence-corrected chi connectivity index (χ0v) is 10.4. The molecule has 1 N–H and O–H groups in total. The monoisotopic (exact) mass is 221 g/mol. The normalized spacial score (nSPS) is 10.0.